The lowest BCUT2D eigenvalue weighted by atomic mass is 9.85. The van der Waals surface area contributed by atoms with E-state index in [0.717, 1.165) is 41.5 Å². The number of rotatable bonds is 4. The van der Waals surface area contributed by atoms with E-state index in [0.29, 0.717) is 26.0 Å². The number of ether oxygens (including phenoxy) is 1. The van der Waals surface area contributed by atoms with E-state index in [9.17, 15) is 4.79 Å². The number of halogens is 1. The Hall–Kier alpha value is -2.54. The zero-order valence-electron chi connectivity index (χ0n) is 16.7. The molecule has 1 aliphatic rings. The number of carbonyl (C=O) groups excluding carboxylic acids is 1. The quantitative estimate of drug-likeness (QED) is 0.292. The number of methoxy groups -OCH3 is 1. The Morgan fingerprint density at radius 2 is 2.03 bits per heavy atom. The average molecular weight is 549 g/mol. The fraction of sp³-hybridized carbons (Fsp3) is 0.350. The maximum Gasteiger partial charge on any atom is 0.229 e. The number of carbonyl (C=O) groups is 1. The van der Waals surface area contributed by atoms with Crippen molar-refractivity contribution in [1.82, 2.24) is 24.5 Å². The van der Waals surface area contributed by atoms with Crippen LogP contribution in [0.1, 0.15) is 31.7 Å². The lowest BCUT2D eigenvalue weighted by Gasteiger charge is -2.28. The number of hydrogen-bond acceptors (Lipinski definition) is 8. The van der Waals surface area contributed by atoms with E-state index in [-0.39, 0.29) is 17.9 Å². The van der Waals surface area contributed by atoms with Crippen molar-refractivity contribution in [2.45, 2.75) is 31.7 Å². The molecule has 3 heterocycles. The van der Waals surface area contributed by atoms with Gasteiger partial charge in [-0.1, -0.05) is 17.4 Å². The minimum atomic E-state index is -0.0419. The minimum absolute atomic E-state index is 0.0214. The number of amides is 1. The summed E-state index contributed by atoms with van der Waals surface area (Å²) in [5.41, 5.74) is 8.15. The van der Waals surface area contributed by atoms with E-state index in [1.807, 2.05) is 18.2 Å². The number of hydrogen-bond donors (Lipinski definition) is 2. The van der Waals surface area contributed by atoms with Gasteiger partial charge in [-0.2, -0.15) is 0 Å². The molecule has 5 rings (SSSR count). The van der Waals surface area contributed by atoms with E-state index in [4.69, 9.17) is 10.5 Å². The fourth-order valence-electron chi connectivity index (χ4n) is 4.14. The predicted molar refractivity (Wildman–Crippen MR) is 128 cm³/mol. The van der Waals surface area contributed by atoms with Gasteiger partial charge in [0, 0.05) is 34.6 Å². The fourth-order valence-corrected chi connectivity index (χ4v) is 5.52. The molecule has 1 amide bonds. The Labute approximate surface area is 195 Å². The Bertz CT molecular complexity index is 1280. The van der Waals surface area contributed by atoms with E-state index < -0.39 is 0 Å². The minimum Gasteiger partial charge on any atom is -0.494 e. The van der Waals surface area contributed by atoms with Crippen LogP contribution in [0.2, 0.25) is 0 Å². The predicted octanol–water partition coefficient (Wildman–Crippen LogP) is 4.00. The molecule has 160 valence electrons. The van der Waals surface area contributed by atoms with Gasteiger partial charge in [-0.05, 0) is 37.8 Å². The highest BCUT2D eigenvalue weighted by molar-refractivity contribution is 14.1. The van der Waals surface area contributed by atoms with Crippen LogP contribution in [0.25, 0.3) is 21.4 Å². The van der Waals surface area contributed by atoms with E-state index >= 15 is 0 Å². The van der Waals surface area contributed by atoms with Gasteiger partial charge in [0.05, 0.1) is 18.1 Å². The van der Waals surface area contributed by atoms with Gasteiger partial charge in [-0.15, -0.1) is 0 Å². The summed E-state index contributed by atoms with van der Waals surface area (Å²) >= 11 is 3.52. The SMILES string of the molecule is COc1cccc2sc(NC(=O)C3CCC(n4cnc5c(N)nc(I)nc54)CC3)nc12. The van der Waals surface area contributed by atoms with Crippen LogP contribution in [-0.4, -0.2) is 37.5 Å². The van der Waals surface area contributed by atoms with Crippen molar-refractivity contribution in [3.8, 4) is 5.75 Å². The molecule has 0 radical (unpaired) electrons. The van der Waals surface area contributed by atoms with Crippen molar-refractivity contribution in [2.24, 2.45) is 5.92 Å². The Morgan fingerprint density at radius 3 is 2.81 bits per heavy atom. The highest BCUT2D eigenvalue weighted by Crippen LogP contribution is 2.36. The van der Waals surface area contributed by atoms with Crippen molar-refractivity contribution < 1.29 is 9.53 Å². The molecule has 0 atom stereocenters. The number of para-hydroxylation sites is 1. The van der Waals surface area contributed by atoms with Crippen molar-refractivity contribution in [2.75, 3.05) is 18.2 Å². The summed E-state index contributed by atoms with van der Waals surface area (Å²) in [6.45, 7) is 0. The molecule has 1 aliphatic carbocycles. The number of imidazole rings is 1. The summed E-state index contributed by atoms with van der Waals surface area (Å²) in [6.07, 6.45) is 5.12. The van der Waals surface area contributed by atoms with E-state index in [2.05, 4.69) is 52.4 Å². The average Bonchev–Trinajstić information content (AvgIpc) is 3.37. The second-order valence-corrected chi connectivity index (χ2v) is 9.52. The second-order valence-electron chi connectivity index (χ2n) is 7.52. The lowest BCUT2D eigenvalue weighted by molar-refractivity contribution is -0.120. The highest BCUT2D eigenvalue weighted by Gasteiger charge is 2.29. The van der Waals surface area contributed by atoms with Crippen LogP contribution in [0, 0.1) is 9.75 Å². The number of thiazole rings is 1. The molecule has 1 aromatic carbocycles. The molecule has 0 aliphatic heterocycles. The molecule has 0 bridgehead atoms. The molecule has 0 saturated heterocycles. The van der Waals surface area contributed by atoms with Crippen molar-refractivity contribution in [1.29, 1.82) is 0 Å². The zero-order chi connectivity index (χ0) is 21.5. The molecule has 1 saturated carbocycles. The van der Waals surface area contributed by atoms with Crippen molar-refractivity contribution >= 4 is 72.2 Å². The molecule has 0 spiro atoms. The van der Waals surface area contributed by atoms with Gasteiger partial charge >= 0.3 is 0 Å². The van der Waals surface area contributed by atoms with Crippen LogP contribution in [0.3, 0.4) is 0 Å². The van der Waals surface area contributed by atoms with Crippen LogP contribution in [0.15, 0.2) is 24.5 Å². The lowest BCUT2D eigenvalue weighted by Crippen LogP contribution is -2.28. The topological polar surface area (TPSA) is 121 Å². The maximum absolute atomic E-state index is 12.9. The summed E-state index contributed by atoms with van der Waals surface area (Å²) < 4.78 is 9.02. The van der Waals surface area contributed by atoms with Gasteiger partial charge in [0.25, 0.3) is 0 Å². The third-order valence-corrected chi connectivity index (χ3v) is 7.13. The molecule has 31 heavy (non-hydrogen) atoms. The Kier molecular flexibility index (Phi) is 5.38. The monoisotopic (exact) mass is 549 g/mol. The number of nitrogens with two attached hydrogens (primary N) is 1. The molecule has 4 aromatic rings. The molecular weight excluding hydrogens is 529 g/mol. The molecular formula is C20H20IN7O2S. The normalized spacial score (nSPS) is 19.0. The first-order valence-corrected chi connectivity index (χ1v) is 11.8. The van der Waals surface area contributed by atoms with Gasteiger partial charge in [0.1, 0.15) is 16.8 Å². The van der Waals surface area contributed by atoms with Gasteiger partial charge in [0.2, 0.25) is 5.91 Å². The number of nitrogen functional groups attached to an aromatic ring is 1. The number of fused-ring (bicyclic) bond motifs is 2. The summed E-state index contributed by atoms with van der Waals surface area (Å²) in [4.78, 5) is 30.5. The smallest absolute Gasteiger partial charge is 0.229 e. The Balaban J connectivity index is 1.27. The van der Waals surface area contributed by atoms with E-state index in [1.54, 1.807) is 13.4 Å². The van der Waals surface area contributed by atoms with Crippen LogP contribution in [-0.2, 0) is 4.79 Å². The maximum atomic E-state index is 12.9. The first-order valence-electron chi connectivity index (χ1n) is 9.93. The van der Waals surface area contributed by atoms with Crippen molar-refractivity contribution in [3.05, 3.63) is 28.4 Å². The number of aromatic nitrogens is 5. The Morgan fingerprint density at radius 1 is 1.23 bits per heavy atom. The van der Waals surface area contributed by atoms with Crippen LogP contribution in [0.4, 0.5) is 10.9 Å². The first-order chi connectivity index (χ1) is 15.0. The third-order valence-electron chi connectivity index (χ3n) is 5.71. The van der Waals surface area contributed by atoms with E-state index in [1.165, 1.54) is 11.3 Å². The van der Waals surface area contributed by atoms with Crippen molar-refractivity contribution in [3.63, 3.8) is 0 Å². The largest absolute Gasteiger partial charge is 0.494 e. The first kappa shape index (κ1) is 20.4. The molecule has 9 nitrogen and oxygen atoms in total. The molecule has 3 N–H and O–H groups in total. The molecule has 3 aromatic heterocycles. The van der Waals surface area contributed by atoms with Crippen LogP contribution < -0.4 is 15.8 Å². The summed E-state index contributed by atoms with van der Waals surface area (Å²) in [6, 6.07) is 6.01. The van der Waals surface area contributed by atoms with Crippen LogP contribution in [0.5, 0.6) is 5.75 Å². The number of nitrogens with zero attached hydrogens (tertiary/aromatic N) is 5. The number of anilines is 2. The molecule has 1 fully saturated rings. The zero-order valence-corrected chi connectivity index (χ0v) is 19.7. The molecule has 0 unspecified atom stereocenters. The second kappa shape index (κ2) is 8.19. The van der Waals surface area contributed by atoms with Gasteiger partial charge < -0.3 is 20.4 Å². The standard InChI is InChI=1S/C20H20IN7O2S/c1-30-12-3-2-4-13-14(12)24-20(31-13)27-18(29)10-5-7-11(8-6-10)28-9-23-15-16(22)25-19(21)26-17(15)28/h2-4,9-11H,5-8H2,1H3,(H2,22,25,26)(H,24,27,29). The molecule has 11 heteroatoms. The van der Waals surface area contributed by atoms with Gasteiger partial charge in [-0.25, -0.2) is 19.9 Å². The summed E-state index contributed by atoms with van der Waals surface area (Å²) in [5.74, 6) is 1.09. The van der Waals surface area contributed by atoms with Crippen LogP contribution >= 0.6 is 33.9 Å². The number of nitrogens with one attached hydrogen (secondary N) is 1. The highest BCUT2D eigenvalue weighted by atomic mass is 127. The number of benzene rings is 1. The summed E-state index contributed by atoms with van der Waals surface area (Å²) in [5, 5.41) is 3.61. The summed E-state index contributed by atoms with van der Waals surface area (Å²) in [7, 11) is 1.62. The van der Waals surface area contributed by atoms with Gasteiger partial charge in [0.15, 0.2) is 20.4 Å². The third kappa shape index (κ3) is 3.80. The van der Waals surface area contributed by atoms with Gasteiger partial charge in [-0.3, -0.25) is 4.79 Å².